The summed E-state index contributed by atoms with van der Waals surface area (Å²) < 4.78 is 12.4. The molecule has 1 atom stereocenters. The van der Waals surface area contributed by atoms with Crippen molar-refractivity contribution in [3.8, 4) is 11.5 Å². The van der Waals surface area contributed by atoms with Crippen molar-refractivity contribution in [2.24, 2.45) is 0 Å². The van der Waals surface area contributed by atoms with Gasteiger partial charge in [-0.25, -0.2) is 14.5 Å². The van der Waals surface area contributed by atoms with E-state index in [0.29, 0.717) is 28.9 Å². The average molecular weight is 340 g/mol. The van der Waals surface area contributed by atoms with Crippen LogP contribution in [0.15, 0.2) is 30.7 Å². The van der Waals surface area contributed by atoms with Crippen LogP contribution in [0.25, 0.3) is 5.65 Å². The van der Waals surface area contributed by atoms with E-state index in [1.54, 1.807) is 18.7 Å². The monoisotopic (exact) mass is 340 g/mol. The van der Waals surface area contributed by atoms with Gasteiger partial charge < -0.3 is 20.1 Å². The highest BCUT2D eigenvalue weighted by atomic mass is 16.5. The van der Waals surface area contributed by atoms with Crippen LogP contribution in [0.1, 0.15) is 18.0 Å². The molecule has 1 aliphatic rings. The smallest absolute Gasteiger partial charge is 0.198 e. The Bertz CT molecular complexity index is 888. The lowest BCUT2D eigenvalue weighted by Gasteiger charge is -2.14. The molecule has 1 aliphatic heterocycles. The summed E-state index contributed by atoms with van der Waals surface area (Å²) in [5.74, 6) is 2.40. The Balaban J connectivity index is 1.72. The van der Waals surface area contributed by atoms with Crippen molar-refractivity contribution >= 4 is 17.2 Å². The van der Waals surface area contributed by atoms with Crippen LogP contribution in [0.5, 0.6) is 11.5 Å². The lowest BCUT2D eigenvalue weighted by Crippen LogP contribution is -2.11. The summed E-state index contributed by atoms with van der Waals surface area (Å²) in [6.07, 6.45) is 4.57. The number of fused-ring (bicyclic) bond motifs is 1. The predicted octanol–water partition coefficient (Wildman–Crippen LogP) is 1.96. The molecule has 1 saturated heterocycles. The van der Waals surface area contributed by atoms with Crippen molar-refractivity contribution < 1.29 is 9.47 Å². The van der Waals surface area contributed by atoms with Crippen LogP contribution in [-0.2, 0) is 0 Å². The number of hydrogen-bond acceptors (Lipinski definition) is 7. The van der Waals surface area contributed by atoms with Gasteiger partial charge in [-0.2, -0.15) is 5.10 Å². The van der Waals surface area contributed by atoms with Crippen molar-refractivity contribution in [3.63, 3.8) is 0 Å². The van der Waals surface area contributed by atoms with Crippen molar-refractivity contribution in [2.45, 2.75) is 12.3 Å². The number of hydrogen-bond donors (Lipinski definition) is 2. The van der Waals surface area contributed by atoms with Gasteiger partial charge in [-0.3, -0.25) is 0 Å². The fourth-order valence-corrected chi connectivity index (χ4v) is 3.09. The standard InChI is InChI=1S/C17H20N6O2/c1-24-14-4-3-12(7-15(14)25-2)21-16-17-19-10-20-23(17)9-13(22-16)11-5-6-18-8-11/h3-4,7,9-11,18H,5-6,8H2,1-2H3,(H,21,22). The van der Waals surface area contributed by atoms with Crippen molar-refractivity contribution in [1.82, 2.24) is 24.9 Å². The molecule has 0 bridgehead atoms. The van der Waals surface area contributed by atoms with E-state index < -0.39 is 0 Å². The summed E-state index contributed by atoms with van der Waals surface area (Å²) in [4.78, 5) is 9.12. The molecule has 3 heterocycles. The van der Waals surface area contributed by atoms with Crippen LogP contribution in [0, 0.1) is 0 Å². The lowest BCUT2D eigenvalue weighted by atomic mass is 10.1. The van der Waals surface area contributed by atoms with E-state index in [4.69, 9.17) is 14.5 Å². The minimum absolute atomic E-state index is 0.388. The number of nitrogens with zero attached hydrogens (tertiary/aromatic N) is 4. The molecule has 1 aromatic carbocycles. The molecule has 0 saturated carbocycles. The van der Waals surface area contributed by atoms with Crippen LogP contribution in [0.3, 0.4) is 0 Å². The van der Waals surface area contributed by atoms with Gasteiger partial charge in [-0.1, -0.05) is 0 Å². The molecule has 2 aromatic heterocycles. The van der Waals surface area contributed by atoms with E-state index in [2.05, 4.69) is 20.7 Å². The van der Waals surface area contributed by atoms with Gasteiger partial charge in [0.05, 0.1) is 26.1 Å². The highest BCUT2D eigenvalue weighted by molar-refractivity contribution is 5.71. The molecule has 1 fully saturated rings. The summed E-state index contributed by atoms with van der Waals surface area (Å²) in [5.41, 5.74) is 2.53. The Hall–Kier alpha value is -2.87. The molecule has 0 radical (unpaired) electrons. The number of nitrogens with one attached hydrogen (secondary N) is 2. The summed E-state index contributed by atoms with van der Waals surface area (Å²) in [7, 11) is 3.23. The highest BCUT2D eigenvalue weighted by Crippen LogP contribution is 2.32. The molecular weight excluding hydrogens is 320 g/mol. The summed E-state index contributed by atoms with van der Waals surface area (Å²) in [5, 5.41) is 11.0. The highest BCUT2D eigenvalue weighted by Gasteiger charge is 2.20. The molecule has 1 unspecified atom stereocenters. The Labute approximate surface area is 145 Å². The van der Waals surface area contributed by atoms with E-state index in [-0.39, 0.29) is 0 Å². The van der Waals surface area contributed by atoms with Gasteiger partial charge >= 0.3 is 0 Å². The quantitative estimate of drug-likeness (QED) is 0.734. The maximum Gasteiger partial charge on any atom is 0.198 e. The molecular formula is C17H20N6O2. The van der Waals surface area contributed by atoms with Gasteiger partial charge in [0.1, 0.15) is 6.33 Å². The lowest BCUT2D eigenvalue weighted by molar-refractivity contribution is 0.355. The molecule has 130 valence electrons. The number of aromatic nitrogens is 4. The minimum atomic E-state index is 0.388. The second-order valence-corrected chi connectivity index (χ2v) is 5.93. The average Bonchev–Trinajstić information content (AvgIpc) is 3.33. The van der Waals surface area contributed by atoms with Crippen LogP contribution < -0.4 is 20.1 Å². The Morgan fingerprint density at radius 2 is 2.12 bits per heavy atom. The van der Waals surface area contributed by atoms with E-state index in [0.717, 1.165) is 30.9 Å². The van der Waals surface area contributed by atoms with Crippen LogP contribution in [0.4, 0.5) is 11.5 Å². The first kappa shape index (κ1) is 15.6. The zero-order valence-corrected chi connectivity index (χ0v) is 14.2. The maximum absolute atomic E-state index is 5.37. The number of ether oxygens (including phenoxy) is 2. The van der Waals surface area contributed by atoms with Crippen molar-refractivity contribution in [1.29, 1.82) is 0 Å². The van der Waals surface area contributed by atoms with E-state index >= 15 is 0 Å². The molecule has 8 heteroatoms. The molecule has 0 aliphatic carbocycles. The maximum atomic E-state index is 5.37. The second kappa shape index (κ2) is 6.56. The Kier molecular flexibility index (Phi) is 4.10. The van der Waals surface area contributed by atoms with Gasteiger partial charge in [0.25, 0.3) is 0 Å². The Morgan fingerprint density at radius 3 is 2.88 bits per heavy atom. The van der Waals surface area contributed by atoms with Crippen molar-refractivity contribution in [2.75, 3.05) is 32.6 Å². The third kappa shape index (κ3) is 2.96. The SMILES string of the molecule is COc1ccc(Nc2nc(C3CCNC3)cn3ncnc23)cc1OC. The summed E-state index contributed by atoms with van der Waals surface area (Å²) in [6.45, 7) is 1.95. The summed E-state index contributed by atoms with van der Waals surface area (Å²) >= 11 is 0. The van der Waals surface area contributed by atoms with Gasteiger partial charge in [-0.15, -0.1) is 0 Å². The minimum Gasteiger partial charge on any atom is -0.493 e. The fourth-order valence-electron chi connectivity index (χ4n) is 3.09. The zero-order valence-electron chi connectivity index (χ0n) is 14.2. The number of anilines is 2. The van der Waals surface area contributed by atoms with Crippen LogP contribution in [-0.4, -0.2) is 46.9 Å². The fraction of sp³-hybridized carbons (Fsp3) is 0.353. The van der Waals surface area contributed by atoms with E-state index in [1.165, 1.54) is 6.33 Å². The number of methoxy groups -OCH3 is 2. The molecule has 8 nitrogen and oxygen atoms in total. The first-order chi connectivity index (χ1) is 12.3. The van der Waals surface area contributed by atoms with Gasteiger partial charge in [0.2, 0.25) is 0 Å². The molecule has 2 N–H and O–H groups in total. The second-order valence-electron chi connectivity index (χ2n) is 5.93. The van der Waals surface area contributed by atoms with Crippen LogP contribution in [0.2, 0.25) is 0 Å². The third-order valence-electron chi connectivity index (χ3n) is 4.41. The predicted molar refractivity (Wildman–Crippen MR) is 93.8 cm³/mol. The van der Waals surface area contributed by atoms with Crippen LogP contribution >= 0.6 is 0 Å². The third-order valence-corrected chi connectivity index (χ3v) is 4.41. The van der Waals surface area contributed by atoms with Gasteiger partial charge in [0, 0.05) is 24.2 Å². The van der Waals surface area contributed by atoms with E-state index in [1.807, 2.05) is 24.4 Å². The normalized spacial score (nSPS) is 17.0. The first-order valence-electron chi connectivity index (χ1n) is 8.18. The first-order valence-corrected chi connectivity index (χ1v) is 8.18. The van der Waals surface area contributed by atoms with Gasteiger partial charge in [-0.05, 0) is 25.1 Å². The van der Waals surface area contributed by atoms with E-state index in [9.17, 15) is 0 Å². The number of benzene rings is 1. The molecule has 4 rings (SSSR count). The Morgan fingerprint density at radius 1 is 1.24 bits per heavy atom. The molecule has 0 amide bonds. The topological polar surface area (TPSA) is 85.6 Å². The largest absolute Gasteiger partial charge is 0.493 e. The summed E-state index contributed by atoms with van der Waals surface area (Å²) in [6, 6.07) is 5.64. The molecule has 0 spiro atoms. The van der Waals surface area contributed by atoms with Crippen molar-refractivity contribution in [3.05, 3.63) is 36.4 Å². The van der Waals surface area contributed by atoms with Gasteiger partial charge in [0.15, 0.2) is 23.0 Å². The molecule has 3 aromatic rings. The molecule has 25 heavy (non-hydrogen) atoms. The zero-order chi connectivity index (χ0) is 17.2. The number of rotatable bonds is 5.